The van der Waals surface area contributed by atoms with Crippen LogP contribution in [0, 0.1) is 16.7 Å². The molecule has 0 N–H and O–H groups in total. The third kappa shape index (κ3) is 1.00. The zero-order valence-corrected chi connectivity index (χ0v) is 8.28. The van der Waals surface area contributed by atoms with Crippen molar-refractivity contribution >= 4 is 6.04 Å². The van der Waals surface area contributed by atoms with Crippen molar-refractivity contribution in [2.45, 2.75) is 40.5 Å². The van der Waals surface area contributed by atoms with Crippen LogP contribution in [0.15, 0.2) is 0 Å². The van der Waals surface area contributed by atoms with Crippen molar-refractivity contribution in [3.63, 3.8) is 0 Å². The third-order valence-electron chi connectivity index (χ3n) is 4.17. The summed E-state index contributed by atoms with van der Waals surface area (Å²) in [4.78, 5) is 10.9. The van der Waals surface area contributed by atoms with Crippen LogP contribution in [0.5, 0.6) is 0 Å². The standard InChI is InChI=1S/C10H17FO/c1-7-5-6-10(4,8(11)12)9(7,2)3/h7H,5-6H2,1-4H3. The fraction of sp³-hybridized carbons (Fsp3) is 0.900. The summed E-state index contributed by atoms with van der Waals surface area (Å²) in [5.74, 6) is 0.433. The maximum atomic E-state index is 12.8. The van der Waals surface area contributed by atoms with Crippen molar-refractivity contribution in [1.82, 2.24) is 0 Å². The van der Waals surface area contributed by atoms with E-state index in [9.17, 15) is 9.18 Å². The molecule has 2 atom stereocenters. The predicted molar refractivity (Wildman–Crippen MR) is 46.4 cm³/mol. The van der Waals surface area contributed by atoms with Gasteiger partial charge in [-0.25, -0.2) is 0 Å². The Morgan fingerprint density at radius 3 is 2.08 bits per heavy atom. The second-order valence-electron chi connectivity index (χ2n) is 4.77. The Bertz CT molecular complexity index is 210. The number of halogens is 1. The summed E-state index contributed by atoms with van der Waals surface area (Å²) in [7, 11) is 0. The summed E-state index contributed by atoms with van der Waals surface area (Å²) in [5, 5.41) is 0. The first-order valence-corrected chi connectivity index (χ1v) is 4.52. The molecule has 1 saturated carbocycles. The Balaban J connectivity index is 3.01. The molecule has 0 spiro atoms. The van der Waals surface area contributed by atoms with Crippen LogP contribution < -0.4 is 0 Å². The topological polar surface area (TPSA) is 17.1 Å². The van der Waals surface area contributed by atoms with E-state index < -0.39 is 11.5 Å². The van der Waals surface area contributed by atoms with Gasteiger partial charge in [0.25, 0.3) is 0 Å². The van der Waals surface area contributed by atoms with E-state index in [2.05, 4.69) is 6.92 Å². The van der Waals surface area contributed by atoms with Gasteiger partial charge >= 0.3 is 6.04 Å². The van der Waals surface area contributed by atoms with Crippen molar-refractivity contribution in [3.05, 3.63) is 0 Å². The summed E-state index contributed by atoms with van der Waals surface area (Å²) in [6.07, 6.45) is 1.65. The second kappa shape index (κ2) is 2.54. The van der Waals surface area contributed by atoms with E-state index in [0.717, 1.165) is 6.42 Å². The molecule has 1 fully saturated rings. The number of carbonyl (C=O) groups is 1. The average Bonchev–Trinajstić information content (AvgIpc) is 2.15. The Kier molecular flexibility index (Phi) is 2.05. The van der Waals surface area contributed by atoms with Gasteiger partial charge in [0.15, 0.2) is 0 Å². The maximum Gasteiger partial charge on any atom is 0.307 e. The second-order valence-corrected chi connectivity index (χ2v) is 4.77. The van der Waals surface area contributed by atoms with Crippen LogP contribution in [-0.2, 0) is 4.79 Å². The smallest absolute Gasteiger partial charge is 0.261 e. The molecule has 0 radical (unpaired) electrons. The van der Waals surface area contributed by atoms with Gasteiger partial charge in [-0.1, -0.05) is 20.8 Å². The molecule has 0 aromatic carbocycles. The van der Waals surface area contributed by atoms with Crippen molar-refractivity contribution in [2.24, 2.45) is 16.7 Å². The number of rotatable bonds is 1. The summed E-state index contributed by atoms with van der Waals surface area (Å²) in [6.45, 7) is 7.82. The molecule has 12 heavy (non-hydrogen) atoms. The van der Waals surface area contributed by atoms with E-state index in [-0.39, 0.29) is 5.41 Å². The normalized spacial score (nSPS) is 39.9. The van der Waals surface area contributed by atoms with Gasteiger partial charge in [0.05, 0.1) is 5.41 Å². The molecule has 1 aliphatic carbocycles. The average molecular weight is 172 g/mol. The molecule has 0 saturated heterocycles. The molecule has 0 aromatic rings. The van der Waals surface area contributed by atoms with Gasteiger partial charge in [-0.05, 0) is 31.1 Å². The molecule has 0 heterocycles. The van der Waals surface area contributed by atoms with Crippen LogP contribution in [-0.4, -0.2) is 6.04 Å². The monoisotopic (exact) mass is 172 g/mol. The predicted octanol–water partition coefficient (Wildman–Crippen LogP) is 2.94. The van der Waals surface area contributed by atoms with E-state index in [1.807, 2.05) is 13.8 Å². The lowest BCUT2D eigenvalue weighted by Crippen LogP contribution is -2.38. The minimum atomic E-state index is -1.14. The largest absolute Gasteiger partial charge is 0.307 e. The highest BCUT2D eigenvalue weighted by Crippen LogP contribution is 2.56. The van der Waals surface area contributed by atoms with E-state index >= 15 is 0 Å². The first kappa shape index (κ1) is 9.69. The molecule has 1 nitrogen and oxygen atoms in total. The van der Waals surface area contributed by atoms with Crippen LogP contribution in [0.3, 0.4) is 0 Å². The highest BCUT2D eigenvalue weighted by molar-refractivity contribution is 5.76. The van der Waals surface area contributed by atoms with Crippen LogP contribution in [0.2, 0.25) is 0 Å². The highest BCUT2D eigenvalue weighted by atomic mass is 19.1. The Hall–Kier alpha value is -0.400. The van der Waals surface area contributed by atoms with E-state index in [4.69, 9.17) is 0 Å². The molecule has 70 valence electrons. The maximum absolute atomic E-state index is 12.8. The first-order valence-electron chi connectivity index (χ1n) is 4.52. The summed E-state index contributed by atoms with van der Waals surface area (Å²) < 4.78 is 12.8. The van der Waals surface area contributed by atoms with E-state index in [1.165, 1.54) is 0 Å². The SMILES string of the molecule is CC1CCC(C)(C(=O)F)C1(C)C. The minimum absolute atomic E-state index is 0.196. The number of hydrogen-bond donors (Lipinski definition) is 0. The lowest BCUT2D eigenvalue weighted by molar-refractivity contribution is -0.145. The van der Waals surface area contributed by atoms with Gasteiger partial charge in [0, 0.05) is 0 Å². The molecule has 0 bridgehead atoms. The molecule has 0 aromatic heterocycles. The van der Waals surface area contributed by atoms with Gasteiger partial charge < -0.3 is 0 Å². The van der Waals surface area contributed by atoms with Gasteiger partial charge in [0.2, 0.25) is 0 Å². The third-order valence-corrected chi connectivity index (χ3v) is 4.17. The van der Waals surface area contributed by atoms with Crippen molar-refractivity contribution < 1.29 is 9.18 Å². The Morgan fingerprint density at radius 2 is 1.92 bits per heavy atom. The highest BCUT2D eigenvalue weighted by Gasteiger charge is 2.54. The lowest BCUT2D eigenvalue weighted by atomic mass is 9.66. The van der Waals surface area contributed by atoms with Crippen molar-refractivity contribution in [2.75, 3.05) is 0 Å². The lowest BCUT2D eigenvalue weighted by Gasteiger charge is -2.36. The molecule has 1 aliphatic rings. The zero-order valence-electron chi connectivity index (χ0n) is 8.28. The van der Waals surface area contributed by atoms with Crippen LogP contribution >= 0.6 is 0 Å². The van der Waals surface area contributed by atoms with Gasteiger partial charge in [0.1, 0.15) is 0 Å². The van der Waals surface area contributed by atoms with Gasteiger partial charge in [-0.3, -0.25) is 4.79 Å². The summed E-state index contributed by atoms with van der Waals surface area (Å²) >= 11 is 0. The quantitative estimate of drug-likeness (QED) is 0.556. The Morgan fingerprint density at radius 1 is 1.42 bits per heavy atom. The molecule has 2 unspecified atom stereocenters. The molecular formula is C10H17FO. The van der Waals surface area contributed by atoms with Crippen LogP contribution in [0.1, 0.15) is 40.5 Å². The minimum Gasteiger partial charge on any atom is -0.261 e. The van der Waals surface area contributed by atoms with Crippen molar-refractivity contribution in [1.29, 1.82) is 0 Å². The number of carbonyl (C=O) groups excluding carboxylic acids is 1. The van der Waals surface area contributed by atoms with Crippen LogP contribution in [0.4, 0.5) is 4.39 Å². The zero-order chi connectivity index (χ0) is 9.57. The van der Waals surface area contributed by atoms with E-state index in [1.54, 1.807) is 6.92 Å². The fourth-order valence-corrected chi connectivity index (χ4v) is 2.08. The van der Waals surface area contributed by atoms with E-state index in [0.29, 0.717) is 12.3 Å². The summed E-state index contributed by atoms with van der Waals surface area (Å²) in [5.41, 5.74) is -0.939. The first-order chi connectivity index (χ1) is 5.32. The molecule has 2 heteroatoms. The molecule has 1 rings (SSSR count). The molecule has 0 aliphatic heterocycles. The van der Waals surface area contributed by atoms with Gasteiger partial charge in [-0.15, -0.1) is 0 Å². The van der Waals surface area contributed by atoms with Gasteiger partial charge in [-0.2, -0.15) is 4.39 Å². The van der Waals surface area contributed by atoms with Crippen molar-refractivity contribution in [3.8, 4) is 0 Å². The number of hydrogen-bond acceptors (Lipinski definition) is 1. The Labute approximate surface area is 73.3 Å². The summed E-state index contributed by atoms with van der Waals surface area (Å²) in [6, 6.07) is -1.14. The van der Waals surface area contributed by atoms with Crippen LogP contribution in [0.25, 0.3) is 0 Å². The molecule has 0 amide bonds. The fourth-order valence-electron chi connectivity index (χ4n) is 2.08. The molecular weight excluding hydrogens is 155 g/mol.